The van der Waals surface area contributed by atoms with E-state index in [4.69, 9.17) is 0 Å². The molecule has 0 unspecified atom stereocenters. The van der Waals surface area contributed by atoms with Gasteiger partial charge in [0.25, 0.3) is 0 Å². The first kappa shape index (κ1) is 15.8. The standard InChI is InChI=1S/C17H15F2NO2S/c18-15-6-7-16(19)17(12-15)23(21,22)20-10-8-14(9-11-20)13-4-2-1-3-5-13/h1-8,12H,9-11H2. The summed E-state index contributed by atoms with van der Waals surface area (Å²) in [7, 11) is -4.05. The van der Waals surface area contributed by atoms with E-state index in [1.165, 1.54) is 0 Å². The van der Waals surface area contributed by atoms with Crippen molar-refractivity contribution < 1.29 is 17.2 Å². The van der Waals surface area contributed by atoms with E-state index in [0.29, 0.717) is 6.42 Å². The lowest BCUT2D eigenvalue weighted by molar-refractivity contribution is 0.435. The molecule has 23 heavy (non-hydrogen) atoms. The zero-order valence-electron chi connectivity index (χ0n) is 12.2. The molecule has 2 aromatic rings. The van der Waals surface area contributed by atoms with Crippen LogP contribution < -0.4 is 0 Å². The fourth-order valence-electron chi connectivity index (χ4n) is 2.60. The summed E-state index contributed by atoms with van der Waals surface area (Å²) in [5.74, 6) is -1.72. The highest BCUT2D eigenvalue weighted by Gasteiger charge is 2.29. The minimum absolute atomic E-state index is 0.141. The molecule has 0 bridgehead atoms. The molecule has 1 aliphatic heterocycles. The molecule has 2 aromatic carbocycles. The maximum Gasteiger partial charge on any atom is 0.246 e. The number of hydrogen-bond donors (Lipinski definition) is 0. The lowest BCUT2D eigenvalue weighted by Gasteiger charge is -2.26. The highest BCUT2D eigenvalue weighted by atomic mass is 32.2. The molecule has 1 aliphatic rings. The zero-order valence-corrected chi connectivity index (χ0v) is 13.1. The van der Waals surface area contributed by atoms with E-state index >= 15 is 0 Å². The normalized spacial score (nSPS) is 16.2. The third-order valence-electron chi connectivity index (χ3n) is 3.83. The molecule has 0 aliphatic carbocycles. The maximum absolute atomic E-state index is 13.8. The molecule has 120 valence electrons. The smallest absolute Gasteiger partial charge is 0.207 e. The average Bonchev–Trinajstić information content (AvgIpc) is 2.58. The van der Waals surface area contributed by atoms with E-state index in [9.17, 15) is 17.2 Å². The number of benzene rings is 2. The van der Waals surface area contributed by atoms with Crippen molar-refractivity contribution in [1.29, 1.82) is 0 Å². The summed E-state index contributed by atoms with van der Waals surface area (Å²) in [5.41, 5.74) is 2.10. The highest BCUT2D eigenvalue weighted by Crippen LogP contribution is 2.27. The average molecular weight is 335 g/mol. The second-order valence-electron chi connectivity index (χ2n) is 5.28. The Balaban J connectivity index is 1.87. The van der Waals surface area contributed by atoms with Crippen LogP contribution >= 0.6 is 0 Å². The zero-order chi connectivity index (χ0) is 16.4. The molecule has 0 radical (unpaired) electrons. The lowest BCUT2D eigenvalue weighted by atomic mass is 10.0. The molecule has 3 nitrogen and oxygen atoms in total. The molecular weight excluding hydrogens is 320 g/mol. The van der Waals surface area contributed by atoms with Crippen LogP contribution in [0.2, 0.25) is 0 Å². The summed E-state index contributed by atoms with van der Waals surface area (Å²) < 4.78 is 53.2. The van der Waals surface area contributed by atoms with E-state index in [1.807, 2.05) is 36.4 Å². The Bertz CT molecular complexity index is 848. The van der Waals surface area contributed by atoms with Gasteiger partial charge in [-0.15, -0.1) is 0 Å². The number of rotatable bonds is 3. The maximum atomic E-state index is 13.8. The van der Waals surface area contributed by atoms with Gasteiger partial charge in [-0.25, -0.2) is 17.2 Å². The van der Waals surface area contributed by atoms with Crippen molar-refractivity contribution in [3.8, 4) is 0 Å². The molecule has 6 heteroatoms. The van der Waals surface area contributed by atoms with Gasteiger partial charge in [-0.3, -0.25) is 0 Å². The fourth-order valence-corrected chi connectivity index (χ4v) is 4.05. The first-order chi connectivity index (χ1) is 11.0. The second kappa shape index (κ2) is 6.22. The van der Waals surface area contributed by atoms with Gasteiger partial charge in [-0.2, -0.15) is 4.31 Å². The number of nitrogens with zero attached hydrogens (tertiary/aromatic N) is 1. The SMILES string of the molecule is O=S(=O)(c1cc(F)ccc1F)N1CC=C(c2ccccc2)CC1. The van der Waals surface area contributed by atoms with E-state index in [1.54, 1.807) is 0 Å². The molecule has 3 rings (SSSR count). The summed E-state index contributed by atoms with van der Waals surface area (Å²) >= 11 is 0. The Labute approximate surface area is 133 Å². The van der Waals surface area contributed by atoms with Crippen LogP contribution in [0.1, 0.15) is 12.0 Å². The van der Waals surface area contributed by atoms with Crippen LogP contribution in [0, 0.1) is 11.6 Å². The summed E-state index contributed by atoms with van der Waals surface area (Å²) in [6, 6.07) is 12.1. The Hall–Kier alpha value is -2.05. The van der Waals surface area contributed by atoms with Gasteiger partial charge in [-0.1, -0.05) is 36.4 Å². The molecule has 0 atom stereocenters. The van der Waals surface area contributed by atoms with Crippen molar-refractivity contribution in [2.24, 2.45) is 0 Å². The molecule has 0 aromatic heterocycles. The largest absolute Gasteiger partial charge is 0.246 e. The van der Waals surface area contributed by atoms with Crippen LogP contribution in [0.15, 0.2) is 59.5 Å². The molecular formula is C17H15F2NO2S. The van der Waals surface area contributed by atoms with Gasteiger partial charge in [0.1, 0.15) is 16.5 Å². The quantitative estimate of drug-likeness (QED) is 0.862. The van der Waals surface area contributed by atoms with Gasteiger partial charge >= 0.3 is 0 Å². The van der Waals surface area contributed by atoms with Gasteiger partial charge < -0.3 is 0 Å². The second-order valence-corrected chi connectivity index (χ2v) is 7.19. The van der Waals surface area contributed by atoms with Crippen molar-refractivity contribution in [3.05, 3.63) is 71.8 Å². The van der Waals surface area contributed by atoms with Gasteiger partial charge in [0, 0.05) is 13.1 Å². The minimum Gasteiger partial charge on any atom is -0.207 e. The summed E-state index contributed by atoms with van der Waals surface area (Å²) in [6.45, 7) is 0.377. The molecule has 0 N–H and O–H groups in total. The number of halogens is 2. The topological polar surface area (TPSA) is 37.4 Å². The van der Waals surface area contributed by atoms with Crippen LogP contribution in [0.4, 0.5) is 8.78 Å². The van der Waals surface area contributed by atoms with Gasteiger partial charge in [0.2, 0.25) is 10.0 Å². The predicted octanol–water partition coefficient (Wildman–Crippen LogP) is 3.44. The van der Waals surface area contributed by atoms with Crippen molar-refractivity contribution in [3.63, 3.8) is 0 Å². The first-order valence-corrected chi connectivity index (χ1v) is 8.62. The summed E-state index contributed by atoms with van der Waals surface area (Å²) in [4.78, 5) is -0.617. The molecule has 1 heterocycles. The van der Waals surface area contributed by atoms with Gasteiger partial charge in [0.15, 0.2) is 0 Å². The molecule has 0 saturated carbocycles. The van der Waals surface area contributed by atoms with Crippen LogP contribution in [0.5, 0.6) is 0 Å². The highest BCUT2D eigenvalue weighted by molar-refractivity contribution is 7.89. The van der Waals surface area contributed by atoms with E-state index in [-0.39, 0.29) is 13.1 Å². The fraction of sp³-hybridized carbons (Fsp3) is 0.176. The Morgan fingerprint density at radius 2 is 1.74 bits per heavy atom. The lowest BCUT2D eigenvalue weighted by Crippen LogP contribution is -2.35. The van der Waals surface area contributed by atoms with E-state index in [0.717, 1.165) is 33.6 Å². The van der Waals surface area contributed by atoms with Gasteiger partial charge in [-0.05, 0) is 35.8 Å². The van der Waals surface area contributed by atoms with Crippen molar-refractivity contribution in [2.75, 3.05) is 13.1 Å². The summed E-state index contributed by atoms with van der Waals surface area (Å²) in [5, 5.41) is 0. The molecule has 0 fully saturated rings. The third kappa shape index (κ3) is 3.18. The van der Waals surface area contributed by atoms with Gasteiger partial charge in [0.05, 0.1) is 0 Å². The predicted molar refractivity (Wildman–Crippen MR) is 84.2 cm³/mol. The Morgan fingerprint density at radius 3 is 2.39 bits per heavy atom. The summed E-state index contributed by atoms with van der Waals surface area (Å²) in [6.07, 6.45) is 2.34. The van der Waals surface area contributed by atoms with Crippen LogP contribution in [0.3, 0.4) is 0 Å². The van der Waals surface area contributed by atoms with Crippen LogP contribution in [-0.2, 0) is 10.0 Å². The Morgan fingerprint density at radius 1 is 1.00 bits per heavy atom. The van der Waals surface area contributed by atoms with E-state index < -0.39 is 26.6 Å². The van der Waals surface area contributed by atoms with Crippen LogP contribution in [-0.4, -0.2) is 25.8 Å². The monoisotopic (exact) mass is 335 g/mol. The first-order valence-electron chi connectivity index (χ1n) is 7.18. The number of sulfonamides is 1. The minimum atomic E-state index is -4.05. The Kier molecular flexibility index (Phi) is 4.28. The number of hydrogen-bond acceptors (Lipinski definition) is 2. The van der Waals surface area contributed by atoms with Crippen molar-refractivity contribution in [1.82, 2.24) is 4.31 Å². The molecule has 0 saturated heterocycles. The molecule has 0 amide bonds. The molecule has 0 spiro atoms. The van der Waals surface area contributed by atoms with Crippen LogP contribution in [0.25, 0.3) is 5.57 Å². The van der Waals surface area contributed by atoms with E-state index in [2.05, 4.69) is 0 Å². The van der Waals surface area contributed by atoms with Crippen molar-refractivity contribution in [2.45, 2.75) is 11.3 Å². The van der Waals surface area contributed by atoms with Crippen molar-refractivity contribution >= 4 is 15.6 Å². The third-order valence-corrected chi connectivity index (χ3v) is 5.71.